The van der Waals surface area contributed by atoms with Crippen molar-refractivity contribution in [2.24, 2.45) is 11.8 Å². The molecule has 23 heavy (non-hydrogen) atoms. The first-order chi connectivity index (χ1) is 11.2. The molecule has 4 atom stereocenters. The maximum Gasteiger partial charge on any atom is 0.104 e. The summed E-state index contributed by atoms with van der Waals surface area (Å²) in [5.41, 5.74) is 3.17. The first-order valence-corrected chi connectivity index (χ1v) is 10.1. The minimum atomic E-state index is 0.197. The molecule has 128 valence electrons. The van der Waals surface area contributed by atoms with Crippen LogP contribution in [0.4, 0.5) is 0 Å². The third-order valence-electron chi connectivity index (χ3n) is 5.92. The van der Waals surface area contributed by atoms with Gasteiger partial charge in [0, 0.05) is 32.8 Å². The quantitative estimate of drug-likeness (QED) is 0.770. The van der Waals surface area contributed by atoms with E-state index in [9.17, 15) is 5.11 Å². The topological polar surface area (TPSA) is 32.7 Å². The number of aliphatic hydroxyl groups is 1. The van der Waals surface area contributed by atoms with Crippen molar-refractivity contribution in [1.29, 1.82) is 0 Å². The molecule has 0 bridgehead atoms. The van der Waals surface area contributed by atoms with Crippen molar-refractivity contribution in [3.05, 3.63) is 23.0 Å². The van der Waals surface area contributed by atoms with Crippen molar-refractivity contribution < 1.29 is 9.84 Å². The van der Waals surface area contributed by atoms with E-state index < -0.39 is 0 Å². The van der Waals surface area contributed by atoms with E-state index in [1.807, 2.05) is 13.2 Å². The maximum absolute atomic E-state index is 10.2. The molecule has 0 spiro atoms. The van der Waals surface area contributed by atoms with E-state index in [-0.39, 0.29) is 5.66 Å². The standard InChI is InChI=1S/C19H30NO2P/c1-4-5-14-11-20-7-6-13-9-18(21)19(23-3)10-16(13)17(20)8-15(14)12-22-2/h9,14-15,17,19,21H,3-8,10-12H2,1-2H3/t14-,15?,17-,19-/m1/s1. The zero-order valence-corrected chi connectivity index (χ0v) is 15.4. The van der Waals surface area contributed by atoms with Crippen LogP contribution in [-0.4, -0.2) is 54.8 Å². The van der Waals surface area contributed by atoms with Crippen LogP contribution in [0.3, 0.4) is 0 Å². The Morgan fingerprint density at radius 1 is 1.43 bits per heavy atom. The summed E-state index contributed by atoms with van der Waals surface area (Å²) in [6.45, 7) is 5.53. The van der Waals surface area contributed by atoms with E-state index in [1.54, 1.807) is 5.57 Å². The predicted octanol–water partition coefficient (Wildman–Crippen LogP) is 4.03. The Morgan fingerprint density at radius 3 is 2.96 bits per heavy atom. The van der Waals surface area contributed by atoms with Gasteiger partial charge in [-0.3, -0.25) is 4.90 Å². The molecule has 3 aliphatic rings. The number of ether oxygens (including phenoxy) is 1. The molecule has 3 nitrogen and oxygen atoms in total. The molecule has 0 aromatic rings. The number of hydrogen-bond acceptors (Lipinski definition) is 3. The lowest BCUT2D eigenvalue weighted by atomic mass is 9.73. The Kier molecular flexibility index (Phi) is 5.61. The SMILES string of the molecule is C=P[C@@H]1CC2=C(C=C1O)CCN1C[C@@H](CCC)C(COC)C[C@H]21. The molecule has 0 aromatic carbocycles. The number of hydrogen-bond donors (Lipinski definition) is 1. The van der Waals surface area contributed by atoms with E-state index in [1.165, 1.54) is 31.4 Å². The van der Waals surface area contributed by atoms with Crippen molar-refractivity contribution in [3.63, 3.8) is 0 Å². The molecule has 0 amide bonds. The third kappa shape index (κ3) is 3.43. The Labute approximate surface area is 142 Å². The van der Waals surface area contributed by atoms with Crippen LogP contribution in [0, 0.1) is 11.8 Å². The first kappa shape index (κ1) is 17.2. The molecule has 0 aromatic heterocycles. The molecule has 0 saturated carbocycles. The van der Waals surface area contributed by atoms with E-state index in [2.05, 4.69) is 18.1 Å². The van der Waals surface area contributed by atoms with E-state index in [0.29, 0.717) is 17.7 Å². The second-order valence-electron chi connectivity index (χ2n) is 7.28. The molecule has 0 radical (unpaired) electrons. The minimum absolute atomic E-state index is 0.197. The average Bonchev–Trinajstić information content (AvgIpc) is 2.55. The van der Waals surface area contributed by atoms with Crippen molar-refractivity contribution in [2.45, 2.75) is 50.7 Å². The number of rotatable bonds is 5. The number of nitrogens with zero attached hydrogens (tertiary/aromatic N) is 1. The molecular weight excluding hydrogens is 305 g/mol. The summed E-state index contributed by atoms with van der Waals surface area (Å²) in [5.74, 6) is 1.98. The molecule has 1 N–H and O–H groups in total. The van der Waals surface area contributed by atoms with Crippen LogP contribution < -0.4 is 0 Å². The third-order valence-corrected chi connectivity index (χ3v) is 6.81. The molecule has 4 heteroatoms. The van der Waals surface area contributed by atoms with Gasteiger partial charge in [0.25, 0.3) is 0 Å². The van der Waals surface area contributed by atoms with E-state index in [0.717, 1.165) is 40.1 Å². The average molecular weight is 335 g/mol. The molecular formula is C19H30NO2P. The van der Waals surface area contributed by atoms with E-state index in [4.69, 9.17) is 4.74 Å². The summed E-state index contributed by atoms with van der Waals surface area (Å²) in [5, 5.41) is 10.2. The van der Waals surface area contributed by atoms with Crippen LogP contribution in [0.15, 0.2) is 23.0 Å². The van der Waals surface area contributed by atoms with Crippen molar-refractivity contribution in [2.75, 3.05) is 26.8 Å². The maximum atomic E-state index is 10.2. The van der Waals surface area contributed by atoms with Gasteiger partial charge in [-0.25, -0.2) is 0 Å². The molecule has 2 aliphatic heterocycles. The number of methoxy groups -OCH3 is 1. The second kappa shape index (κ2) is 7.51. The van der Waals surface area contributed by atoms with Gasteiger partial charge in [0.15, 0.2) is 0 Å². The van der Waals surface area contributed by atoms with Gasteiger partial charge in [-0.2, -0.15) is 0 Å². The van der Waals surface area contributed by atoms with Crippen molar-refractivity contribution in [1.82, 2.24) is 4.90 Å². The fraction of sp³-hybridized carbons (Fsp3) is 0.737. The number of allylic oxidation sites excluding steroid dienone is 2. The second-order valence-corrected chi connectivity index (χ2v) is 8.27. The Hall–Kier alpha value is -0.630. The van der Waals surface area contributed by atoms with Gasteiger partial charge in [0.1, 0.15) is 5.76 Å². The summed E-state index contributed by atoms with van der Waals surface area (Å²) in [7, 11) is 2.86. The largest absolute Gasteiger partial charge is 0.511 e. The summed E-state index contributed by atoms with van der Waals surface area (Å²) >= 11 is 0. The molecule has 1 fully saturated rings. The fourth-order valence-corrected chi connectivity index (χ4v) is 5.34. The highest BCUT2D eigenvalue weighted by Gasteiger charge is 2.40. The lowest BCUT2D eigenvalue weighted by Gasteiger charge is -2.49. The number of aliphatic hydroxyl groups excluding tert-OH is 1. The zero-order chi connectivity index (χ0) is 16.4. The molecule has 3 rings (SSSR count). The lowest BCUT2D eigenvalue weighted by molar-refractivity contribution is 0.0225. The number of fused-ring (bicyclic) bond motifs is 2. The predicted molar refractivity (Wildman–Crippen MR) is 98.5 cm³/mol. The number of piperidine rings is 1. The highest BCUT2D eigenvalue weighted by molar-refractivity contribution is 7.37. The smallest absolute Gasteiger partial charge is 0.104 e. The highest BCUT2D eigenvalue weighted by Crippen LogP contribution is 2.43. The summed E-state index contributed by atoms with van der Waals surface area (Å²) in [6, 6.07) is 0.556. The van der Waals surface area contributed by atoms with Gasteiger partial charge in [0.2, 0.25) is 0 Å². The van der Waals surface area contributed by atoms with Crippen LogP contribution in [0.25, 0.3) is 0 Å². The minimum Gasteiger partial charge on any atom is -0.511 e. The van der Waals surface area contributed by atoms with Crippen LogP contribution in [0.5, 0.6) is 0 Å². The lowest BCUT2D eigenvalue weighted by Crippen LogP contribution is -2.52. The summed E-state index contributed by atoms with van der Waals surface area (Å²) in [4.78, 5) is 2.71. The van der Waals surface area contributed by atoms with Crippen molar-refractivity contribution >= 4 is 14.5 Å². The Morgan fingerprint density at radius 2 is 2.26 bits per heavy atom. The normalized spacial score (nSPS) is 35.0. The molecule has 1 unspecified atom stereocenters. The summed E-state index contributed by atoms with van der Waals surface area (Å²) < 4.78 is 5.54. The van der Waals surface area contributed by atoms with Gasteiger partial charge < -0.3 is 9.84 Å². The van der Waals surface area contributed by atoms with Gasteiger partial charge in [0.05, 0.1) is 5.66 Å². The van der Waals surface area contributed by atoms with Gasteiger partial charge in [-0.1, -0.05) is 19.6 Å². The van der Waals surface area contributed by atoms with Crippen LogP contribution in [0.1, 0.15) is 39.0 Å². The van der Waals surface area contributed by atoms with Gasteiger partial charge >= 0.3 is 0 Å². The van der Waals surface area contributed by atoms with E-state index >= 15 is 0 Å². The fourth-order valence-electron chi connectivity index (χ4n) is 4.75. The summed E-state index contributed by atoms with van der Waals surface area (Å²) in [6.07, 6.45) is 11.9. The molecule has 1 saturated heterocycles. The Balaban J connectivity index is 1.83. The van der Waals surface area contributed by atoms with Crippen molar-refractivity contribution in [3.8, 4) is 0 Å². The first-order valence-electron chi connectivity index (χ1n) is 8.99. The van der Waals surface area contributed by atoms with Crippen LogP contribution >= 0.6 is 8.20 Å². The van der Waals surface area contributed by atoms with Crippen LogP contribution in [0.2, 0.25) is 0 Å². The zero-order valence-electron chi connectivity index (χ0n) is 14.5. The highest BCUT2D eigenvalue weighted by atomic mass is 31.1. The Bertz CT molecular complexity index is 513. The molecule has 1 aliphatic carbocycles. The van der Waals surface area contributed by atoms with Crippen LogP contribution in [-0.2, 0) is 4.74 Å². The monoisotopic (exact) mass is 335 g/mol. The van der Waals surface area contributed by atoms with Gasteiger partial charge in [-0.05, 0) is 54.7 Å². The van der Waals surface area contributed by atoms with Gasteiger partial charge in [-0.15, -0.1) is 8.20 Å². The molecule has 2 heterocycles.